The van der Waals surface area contributed by atoms with E-state index in [1.165, 1.54) is 12.1 Å². The summed E-state index contributed by atoms with van der Waals surface area (Å²) in [5.41, 5.74) is 1.78. The smallest absolute Gasteiger partial charge is 0.324 e. The highest BCUT2D eigenvalue weighted by Gasteiger charge is 2.29. The number of nitriles is 1. The van der Waals surface area contributed by atoms with Crippen LogP contribution in [-0.2, 0) is 12.7 Å². The van der Waals surface area contributed by atoms with Gasteiger partial charge in [0, 0.05) is 6.54 Å². The van der Waals surface area contributed by atoms with Crippen LogP contribution < -0.4 is 0 Å². The predicted molar refractivity (Wildman–Crippen MR) is 90.3 cm³/mol. The number of halogens is 3. The standard InChI is InChI=1S/C19H14F3N3/c1-2-25-17-6-4-3-5-16(17)24-18(25)14(12-23)11-13-7-9-15(10-8-13)19(20,21)22/h3-11H,2H2,1H3/b14-11-. The molecule has 3 rings (SSSR count). The third kappa shape index (κ3) is 3.26. The molecule has 0 spiro atoms. The lowest BCUT2D eigenvalue weighted by atomic mass is 10.1. The second kappa shape index (κ2) is 6.44. The molecule has 0 aliphatic rings. The minimum Gasteiger partial charge on any atom is -0.324 e. The van der Waals surface area contributed by atoms with Crippen LogP contribution in [0.15, 0.2) is 48.5 Å². The van der Waals surface area contributed by atoms with Crippen molar-refractivity contribution in [2.24, 2.45) is 0 Å². The van der Waals surface area contributed by atoms with Gasteiger partial charge in [-0.05, 0) is 42.8 Å². The Kier molecular flexibility index (Phi) is 4.32. The summed E-state index contributed by atoms with van der Waals surface area (Å²) in [5, 5.41) is 9.52. The van der Waals surface area contributed by atoms with Gasteiger partial charge in [-0.25, -0.2) is 4.98 Å². The van der Waals surface area contributed by atoms with E-state index in [0.29, 0.717) is 23.5 Å². The van der Waals surface area contributed by atoms with Crippen LogP contribution in [0.3, 0.4) is 0 Å². The summed E-state index contributed by atoms with van der Waals surface area (Å²) < 4.78 is 39.9. The molecule has 25 heavy (non-hydrogen) atoms. The van der Waals surface area contributed by atoms with Crippen LogP contribution in [0.2, 0.25) is 0 Å². The molecule has 1 aromatic heterocycles. The second-order valence-electron chi connectivity index (χ2n) is 5.46. The van der Waals surface area contributed by atoms with Crippen molar-refractivity contribution < 1.29 is 13.2 Å². The van der Waals surface area contributed by atoms with E-state index in [1.807, 2.05) is 35.8 Å². The number of imidazole rings is 1. The van der Waals surface area contributed by atoms with Gasteiger partial charge in [0.05, 0.1) is 22.2 Å². The molecule has 3 nitrogen and oxygen atoms in total. The van der Waals surface area contributed by atoms with Crippen LogP contribution in [0.5, 0.6) is 0 Å². The molecule has 0 N–H and O–H groups in total. The quantitative estimate of drug-likeness (QED) is 0.619. The number of para-hydroxylation sites is 2. The number of fused-ring (bicyclic) bond motifs is 1. The van der Waals surface area contributed by atoms with Crippen molar-refractivity contribution in [3.05, 3.63) is 65.5 Å². The molecule has 2 aromatic carbocycles. The van der Waals surface area contributed by atoms with Crippen LogP contribution in [0.25, 0.3) is 22.7 Å². The van der Waals surface area contributed by atoms with Gasteiger partial charge in [0.2, 0.25) is 0 Å². The topological polar surface area (TPSA) is 41.6 Å². The molecule has 3 aromatic rings. The monoisotopic (exact) mass is 341 g/mol. The van der Waals surface area contributed by atoms with E-state index in [0.717, 1.165) is 23.2 Å². The molecule has 0 saturated carbocycles. The molecule has 0 saturated heterocycles. The Morgan fingerprint density at radius 3 is 2.44 bits per heavy atom. The number of hydrogen-bond acceptors (Lipinski definition) is 2. The van der Waals surface area contributed by atoms with E-state index in [9.17, 15) is 18.4 Å². The van der Waals surface area contributed by atoms with E-state index in [-0.39, 0.29) is 0 Å². The Labute approximate surface area is 142 Å². The average Bonchev–Trinajstić information content (AvgIpc) is 2.97. The number of hydrogen-bond donors (Lipinski definition) is 0. The Morgan fingerprint density at radius 1 is 1.16 bits per heavy atom. The summed E-state index contributed by atoms with van der Waals surface area (Å²) >= 11 is 0. The van der Waals surface area contributed by atoms with Gasteiger partial charge in [-0.1, -0.05) is 24.3 Å². The highest BCUT2D eigenvalue weighted by atomic mass is 19.4. The van der Waals surface area contributed by atoms with E-state index in [2.05, 4.69) is 11.1 Å². The van der Waals surface area contributed by atoms with Gasteiger partial charge in [-0.3, -0.25) is 0 Å². The van der Waals surface area contributed by atoms with Gasteiger partial charge < -0.3 is 4.57 Å². The normalized spacial score (nSPS) is 12.4. The first-order valence-electron chi connectivity index (χ1n) is 7.68. The van der Waals surface area contributed by atoms with Gasteiger partial charge >= 0.3 is 6.18 Å². The van der Waals surface area contributed by atoms with Crippen molar-refractivity contribution in [2.75, 3.05) is 0 Å². The van der Waals surface area contributed by atoms with Crippen LogP contribution >= 0.6 is 0 Å². The highest BCUT2D eigenvalue weighted by molar-refractivity contribution is 5.90. The summed E-state index contributed by atoms with van der Waals surface area (Å²) in [6, 6.07) is 14.3. The zero-order chi connectivity index (χ0) is 18.0. The van der Waals surface area contributed by atoms with Crippen LogP contribution in [0.1, 0.15) is 23.9 Å². The molecule has 0 aliphatic heterocycles. The molecular formula is C19H14F3N3. The Balaban J connectivity index is 2.06. The zero-order valence-electron chi connectivity index (χ0n) is 13.4. The van der Waals surface area contributed by atoms with Crippen molar-refractivity contribution >= 4 is 22.7 Å². The van der Waals surface area contributed by atoms with Gasteiger partial charge in [0.25, 0.3) is 0 Å². The number of aromatic nitrogens is 2. The fourth-order valence-corrected chi connectivity index (χ4v) is 2.68. The summed E-state index contributed by atoms with van der Waals surface area (Å²) in [6.45, 7) is 2.58. The molecule has 0 atom stereocenters. The summed E-state index contributed by atoms with van der Waals surface area (Å²) in [4.78, 5) is 4.50. The molecule has 0 aliphatic carbocycles. The number of alkyl halides is 3. The number of nitrogens with zero attached hydrogens (tertiary/aromatic N) is 3. The van der Waals surface area contributed by atoms with E-state index in [4.69, 9.17) is 0 Å². The van der Waals surface area contributed by atoms with Crippen LogP contribution in [0.4, 0.5) is 13.2 Å². The van der Waals surface area contributed by atoms with Crippen LogP contribution in [0, 0.1) is 11.3 Å². The van der Waals surface area contributed by atoms with E-state index >= 15 is 0 Å². The lowest BCUT2D eigenvalue weighted by molar-refractivity contribution is -0.137. The zero-order valence-corrected chi connectivity index (χ0v) is 13.4. The highest BCUT2D eigenvalue weighted by Crippen LogP contribution is 2.30. The van der Waals surface area contributed by atoms with Gasteiger partial charge in [0.1, 0.15) is 6.07 Å². The fraction of sp³-hybridized carbons (Fsp3) is 0.158. The number of benzene rings is 2. The minimum atomic E-state index is -4.38. The molecule has 0 bridgehead atoms. The molecule has 0 fully saturated rings. The van der Waals surface area contributed by atoms with Crippen molar-refractivity contribution in [2.45, 2.75) is 19.6 Å². The van der Waals surface area contributed by atoms with Crippen LogP contribution in [-0.4, -0.2) is 9.55 Å². The van der Waals surface area contributed by atoms with Crippen molar-refractivity contribution in [3.63, 3.8) is 0 Å². The second-order valence-corrected chi connectivity index (χ2v) is 5.46. The Hall–Kier alpha value is -3.07. The molecule has 0 unspecified atom stereocenters. The molecule has 6 heteroatoms. The van der Waals surface area contributed by atoms with Gasteiger partial charge in [-0.15, -0.1) is 0 Å². The Morgan fingerprint density at radius 2 is 1.84 bits per heavy atom. The minimum absolute atomic E-state index is 0.304. The lowest BCUT2D eigenvalue weighted by Crippen LogP contribution is -2.04. The molecule has 1 heterocycles. The number of rotatable bonds is 3. The van der Waals surface area contributed by atoms with E-state index < -0.39 is 11.7 Å². The third-order valence-corrected chi connectivity index (χ3v) is 3.88. The first kappa shape index (κ1) is 16.8. The first-order valence-corrected chi connectivity index (χ1v) is 7.68. The molecular weight excluding hydrogens is 327 g/mol. The maximum absolute atomic E-state index is 12.6. The Bertz CT molecular complexity index is 974. The third-order valence-electron chi connectivity index (χ3n) is 3.88. The number of allylic oxidation sites excluding steroid dienone is 1. The van der Waals surface area contributed by atoms with Crippen molar-refractivity contribution in [1.29, 1.82) is 5.26 Å². The maximum atomic E-state index is 12.6. The number of aryl methyl sites for hydroxylation is 1. The maximum Gasteiger partial charge on any atom is 0.416 e. The lowest BCUT2D eigenvalue weighted by Gasteiger charge is -2.07. The largest absolute Gasteiger partial charge is 0.416 e. The fourth-order valence-electron chi connectivity index (χ4n) is 2.68. The SMILES string of the molecule is CCn1c(/C(C#N)=C\c2ccc(C(F)(F)F)cc2)nc2ccccc21. The first-order chi connectivity index (χ1) is 11.9. The molecule has 0 radical (unpaired) electrons. The molecule has 0 amide bonds. The van der Waals surface area contributed by atoms with E-state index in [1.54, 1.807) is 6.08 Å². The molecule has 126 valence electrons. The average molecular weight is 341 g/mol. The summed E-state index contributed by atoms with van der Waals surface area (Å²) in [7, 11) is 0. The summed E-state index contributed by atoms with van der Waals surface area (Å²) in [5.74, 6) is 0.506. The van der Waals surface area contributed by atoms with Gasteiger partial charge in [0.15, 0.2) is 5.82 Å². The van der Waals surface area contributed by atoms with Crippen molar-refractivity contribution in [3.8, 4) is 6.07 Å². The summed E-state index contributed by atoms with van der Waals surface area (Å²) in [6.07, 6.45) is -2.83. The van der Waals surface area contributed by atoms with Gasteiger partial charge in [-0.2, -0.15) is 18.4 Å². The van der Waals surface area contributed by atoms with Crippen molar-refractivity contribution in [1.82, 2.24) is 9.55 Å². The predicted octanol–water partition coefficient (Wildman–Crippen LogP) is 5.14.